The highest BCUT2D eigenvalue weighted by Crippen LogP contribution is 2.14. The highest BCUT2D eigenvalue weighted by molar-refractivity contribution is 7.86. The summed E-state index contributed by atoms with van der Waals surface area (Å²) in [4.78, 5) is 0. The number of nitrogens with zero attached hydrogens (tertiary/aromatic N) is 2. The maximum atomic E-state index is 12.3. The minimum atomic E-state index is -3.41. The Bertz CT molecular complexity index is 302. The van der Waals surface area contributed by atoms with Gasteiger partial charge in [-0.2, -0.15) is 17.0 Å². The lowest BCUT2D eigenvalue weighted by Gasteiger charge is -2.31. The summed E-state index contributed by atoms with van der Waals surface area (Å²) < 4.78 is 27.4. The second-order valence-electron chi connectivity index (χ2n) is 4.96. The van der Waals surface area contributed by atoms with E-state index in [9.17, 15) is 8.42 Å². The number of rotatable bonds is 8. The van der Waals surface area contributed by atoms with Gasteiger partial charge in [0.1, 0.15) is 0 Å². The van der Waals surface area contributed by atoms with Crippen LogP contribution in [-0.4, -0.2) is 54.9 Å². The first-order chi connectivity index (χ1) is 7.73. The molecule has 0 aliphatic rings. The molecule has 0 rings (SSSR count). The number of hydrogen-bond acceptors (Lipinski definition) is 3. The molecule has 0 radical (unpaired) electrons. The Hall–Kier alpha value is -0.170. The summed E-state index contributed by atoms with van der Waals surface area (Å²) in [5, 5.41) is 8.74. The van der Waals surface area contributed by atoms with Crippen molar-refractivity contribution in [3.63, 3.8) is 0 Å². The smallest absolute Gasteiger partial charge is 0.281 e. The fourth-order valence-corrected chi connectivity index (χ4v) is 3.26. The predicted molar refractivity (Wildman–Crippen MR) is 69.9 cm³/mol. The van der Waals surface area contributed by atoms with E-state index in [-0.39, 0.29) is 12.6 Å². The molecule has 0 heterocycles. The van der Waals surface area contributed by atoms with E-state index in [0.717, 1.165) is 0 Å². The van der Waals surface area contributed by atoms with Crippen molar-refractivity contribution in [2.75, 3.05) is 26.7 Å². The van der Waals surface area contributed by atoms with Crippen LogP contribution in [0.25, 0.3) is 0 Å². The largest absolute Gasteiger partial charge is 0.396 e. The summed E-state index contributed by atoms with van der Waals surface area (Å²) in [5.41, 5.74) is 0. The number of aliphatic hydroxyl groups excluding tert-OH is 1. The SMILES string of the molecule is CC(C)CN(C(C)C)S(=O)(=O)N(C)CCCO. The van der Waals surface area contributed by atoms with Gasteiger partial charge in [-0.15, -0.1) is 0 Å². The first-order valence-electron chi connectivity index (χ1n) is 6.07. The van der Waals surface area contributed by atoms with Crippen molar-refractivity contribution in [3.8, 4) is 0 Å². The van der Waals surface area contributed by atoms with Gasteiger partial charge in [-0.1, -0.05) is 13.8 Å². The molecular weight excluding hydrogens is 240 g/mol. The third-order valence-corrected chi connectivity index (χ3v) is 4.58. The fourth-order valence-electron chi connectivity index (χ4n) is 1.52. The van der Waals surface area contributed by atoms with E-state index in [1.165, 1.54) is 8.61 Å². The van der Waals surface area contributed by atoms with Crippen LogP contribution in [0, 0.1) is 5.92 Å². The van der Waals surface area contributed by atoms with E-state index < -0.39 is 10.2 Å². The van der Waals surface area contributed by atoms with Crippen LogP contribution in [0.1, 0.15) is 34.1 Å². The second-order valence-corrected chi connectivity index (χ2v) is 6.95. The van der Waals surface area contributed by atoms with Crippen molar-refractivity contribution in [1.82, 2.24) is 8.61 Å². The molecule has 0 spiro atoms. The van der Waals surface area contributed by atoms with Crippen LogP contribution < -0.4 is 0 Å². The van der Waals surface area contributed by atoms with Crippen molar-refractivity contribution in [2.45, 2.75) is 40.2 Å². The Labute approximate surface area is 106 Å². The van der Waals surface area contributed by atoms with Crippen molar-refractivity contribution < 1.29 is 13.5 Å². The van der Waals surface area contributed by atoms with Crippen LogP contribution in [0.3, 0.4) is 0 Å². The molecular formula is C11H26N2O3S. The number of hydrogen-bond donors (Lipinski definition) is 1. The highest BCUT2D eigenvalue weighted by Gasteiger charge is 2.29. The summed E-state index contributed by atoms with van der Waals surface area (Å²) in [6.45, 7) is 8.62. The molecule has 0 atom stereocenters. The van der Waals surface area contributed by atoms with E-state index in [0.29, 0.717) is 25.4 Å². The third kappa shape index (κ3) is 5.33. The zero-order chi connectivity index (χ0) is 13.6. The summed E-state index contributed by atoms with van der Waals surface area (Å²) in [6, 6.07) is -0.0565. The van der Waals surface area contributed by atoms with Crippen molar-refractivity contribution in [3.05, 3.63) is 0 Å². The molecule has 0 amide bonds. The first kappa shape index (κ1) is 16.8. The van der Waals surface area contributed by atoms with Gasteiger partial charge in [0.15, 0.2) is 0 Å². The topological polar surface area (TPSA) is 60.9 Å². The molecule has 104 valence electrons. The molecule has 6 heteroatoms. The molecule has 0 fully saturated rings. The molecule has 0 aliphatic carbocycles. The minimum absolute atomic E-state index is 0.00567. The highest BCUT2D eigenvalue weighted by atomic mass is 32.2. The maximum absolute atomic E-state index is 12.3. The molecule has 0 bridgehead atoms. The van der Waals surface area contributed by atoms with Gasteiger partial charge >= 0.3 is 0 Å². The molecule has 0 aromatic heterocycles. The normalized spacial score (nSPS) is 13.3. The first-order valence-corrected chi connectivity index (χ1v) is 7.47. The van der Waals surface area contributed by atoms with Crippen LogP contribution in [0.5, 0.6) is 0 Å². The summed E-state index contributed by atoms with van der Waals surface area (Å²) in [7, 11) is -1.86. The minimum Gasteiger partial charge on any atom is -0.396 e. The Kier molecular flexibility index (Phi) is 7.23. The monoisotopic (exact) mass is 266 g/mol. The van der Waals surface area contributed by atoms with E-state index in [1.54, 1.807) is 7.05 Å². The van der Waals surface area contributed by atoms with Gasteiger partial charge in [0.25, 0.3) is 10.2 Å². The van der Waals surface area contributed by atoms with Crippen molar-refractivity contribution in [1.29, 1.82) is 0 Å². The van der Waals surface area contributed by atoms with Gasteiger partial charge in [0, 0.05) is 32.8 Å². The standard InChI is InChI=1S/C11H26N2O3S/c1-10(2)9-13(11(3)4)17(15,16)12(5)7-6-8-14/h10-11,14H,6-9H2,1-5H3. The Morgan fingerprint density at radius 1 is 1.18 bits per heavy atom. The summed E-state index contributed by atoms with van der Waals surface area (Å²) >= 11 is 0. The van der Waals surface area contributed by atoms with Gasteiger partial charge in [-0.3, -0.25) is 0 Å². The van der Waals surface area contributed by atoms with Crippen LogP contribution in [0.15, 0.2) is 0 Å². The fraction of sp³-hybridized carbons (Fsp3) is 1.00. The molecule has 0 unspecified atom stereocenters. The van der Waals surface area contributed by atoms with Crippen LogP contribution >= 0.6 is 0 Å². The van der Waals surface area contributed by atoms with Gasteiger partial charge in [0.2, 0.25) is 0 Å². The molecule has 0 aliphatic heterocycles. The average molecular weight is 266 g/mol. The Morgan fingerprint density at radius 3 is 2.06 bits per heavy atom. The Morgan fingerprint density at radius 2 is 1.71 bits per heavy atom. The van der Waals surface area contributed by atoms with Crippen LogP contribution in [0.4, 0.5) is 0 Å². The molecule has 17 heavy (non-hydrogen) atoms. The number of aliphatic hydroxyl groups is 1. The lowest BCUT2D eigenvalue weighted by Crippen LogP contribution is -2.47. The molecule has 0 saturated heterocycles. The second kappa shape index (κ2) is 7.31. The zero-order valence-corrected chi connectivity index (χ0v) is 12.4. The van der Waals surface area contributed by atoms with Crippen molar-refractivity contribution in [2.24, 2.45) is 5.92 Å². The molecule has 0 aromatic rings. The average Bonchev–Trinajstić information content (AvgIpc) is 2.21. The quantitative estimate of drug-likeness (QED) is 0.710. The van der Waals surface area contributed by atoms with E-state index >= 15 is 0 Å². The zero-order valence-electron chi connectivity index (χ0n) is 11.5. The molecule has 5 nitrogen and oxygen atoms in total. The van der Waals surface area contributed by atoms with E-state index in [2.05, 4.69) is 0 Å². The molecule has 1 N–H and O–H groups in total. The van der Waals surface area contributed by atoms with Gasteiger partial charge < -0.3 is 5.11 Å². The van der Waals surface area contributed by atoms with Gasteiger partial charge in [-0.25, -0.2) is 0 Å². The van der Waals surface area contributed by atoms with E-state index in [4.69, 9.17) is 5.11 Å². The lowest BCUT2D eigenvalue weighted by molar-refractivity contribution is 0.262. The summed E-state index contributed by atoms with van der Waals surface area (Å²) in [5.74, 6) is 0.290. The maximum Gasteiger partial charge on any atom is 0.281 e. The van der Waals surface area contributed by atoms with Crippen molar-refractivity contribution >= 4 is 10.2 Å². The third-order valence-electron chi connectivity index (χ3n) is 2.44. The van der Waals surface area contributed by atoms with Crippen LogP contribution in [-0.2, 0) is 10.2 Å². The molecule has 0 aromatic carbocycles. The Balaban J connectivity index is 4.82. The predicted octanol–water partition coefficient (Wildman–Crippen LogP) is 0.912. The molecule has 0 saturated carbocycles. The summed E-state index contributed by atoms with van der Waals surface area (Å²) in [6.07, 6.45) is 0.462. The van der Waals surface area contributed by atoms with Crippen LogP contribution in [0.2, 0.25) is 0 Å². The van der Waals surface area contributed by atoms with E-state index in [1.807, 2.05) is 27.7 Å². The lowest BCUT2D eigenvalue weighted by atomic mass is 10.2. The van der Waals surface area contributed by atoms with Gasteiger partial charge in [0.05, 0.1) is 0 Å². The van der Waals surface area contributed by atoms with Gasteiger partial charge in [-0.05, 0) is 26.2 Å².